The molecule has 0 fully saturated rings. The maximum atomic E-state index is 5.92. The first-order valence-corrected chi connectivity index (χ1v) is 11.9. The van der Waals surface area contributed by atoms with Crippen molar-refractivity contribution in [3.63, 3.8) is 0 Å². The summed E-state index contributed by atoms with van der Waals surface area (Å²) in [5.41, 5.74) is 17.6. The normalized spacial score (nSPS) is 11.2. The Morgan fingerprint density at radius 2 is 0.524 bits per heavy atom. The molecule has 6 N–H and O–H groups in total. The highest BCUT2D eigenvalue weighted by atomic mass is 17.2. The summed E-state index contributed by atoms with van der Waals surface area (Å²) >= 11 is 0. The lowest BCUT2D eigenvalue weighted by molar-refractivity contribution is -0.194. The van der Waals surface area contributed by atoms with Gasteiger partial charge in [-0.05, 0) is 27.2 Å². The fourth-order valence-electron chi connectivity index (χ4n) is 2.60. The average molecular weight is 604 g/mol. The zero-order chi connectivity index (χ0) is 34.1. The van der Waals surface area contributed by atoms with Gasteiger partial charge in [0.1, 0.15) is 62.6 Å². The highest BCUT2D eigenvalue weighted by Crippen LogP contribution is 2.31. The lowest BCUT2D eigenvalue weighted by Crippen LogP contribution is -2.59. The van der Waals surface area contributed by atoms with E-state index >= 15 is 0 Å². The molecular formula is C29H53N3O10. The van der Waals surface area contributed by atoms with Crippen LogP contribution < -0.4 is 17.2 Å². The highest BCUT2D eigenvalue weighted by Gasteiger charge is 2.39. The number of hydrogen-bond acceptors (Lipinski definition) is 13. The molecule has 3 unspecified atom stereocenters. The van der Waals surface area contributed by atoms with Crippen LogP contribution in [0, 0.1) is 5.41 Å². The second-order valence-corrected chi connectivity index (χ2v) is 6.46. The average Bonchev–Trinajstić information content (AvgIpc) is 2.97. The molecule has 0 bridgehead atoms. The van der Waals surface area contributed by atoms with Crippen molar-refractivity contribution in [3.8, 4) is 0 Å². The first-order valence-electron chi connectivity index (χ1n) is 11.9. The Labute approximate surface area is 252 Å². The van der Waals surface area contributed by atoms with Crippen LogP contribution in [0.25, 0.3) is 0 Å². The van der Waals surface area contributed by atoms with Crippen LogP contribution in [-0.2, 0) is 48.9 Å². The first-order chi connectivity index (χ1) is 20.0. The second kappa shape index (κ2) is 46.2. The summed E-state index contributed by atoms with van der Waals surface area (Å²) in [6.45, 7) is 40.1. The molecule has 13 nitrogen and oxygen atoms in total. The molecule has 0 spiro atoms. The van der Waals surface area contributed by atoms with E-state index in [4.69, 9.17) is 17.2 Å². The maximum Gasteiger partial charge on any atom is 0.135 e. The third-order valence-corrected chi connectivity index (χ3v) is 4.11. The summed E-state index contributed by atoms with van der Waals surface area (Å²) in [7, 11) is 0. The molecule has 42 heavy (non-hydrogen) atoms. The van der Waals surface area contributed by atoms with Crippen LogP contribution >= 0.6 is 0 Å². The van der Waals surface area contributed by atoms with E-state index in [1.54, 1.807) is 0 Å². The molecule has 0 rings (SSSR count). The van der Waals surface area contributed by atoms with Gasteiger partial charge in [0.05, 0.1) is 0 Å². The zero-order valence-electron chi connectivity index (χ0n) is 25.6. The Hall–Kier alpha value is -4.72. The number of hydrogen-bond donors (Lipinski definition) is 3. The minimum absolute atomic E-state index is 0.0440. The molecule has 0 radical (unpaired) electrons. The molecule has 0 aromatic carbocycles. The van der Waals surface area contributed by atoms with Crippen LogP contribution in [0.5, 0.6) is 0 Å². The first kappa shape index (κ1) is 50.2. The number of rotatable bonds is 19. The van der Waals surface area contributed by atoms with Gasteiger partial charge in [-0.1, -0.05) is 72.7 Å². The predicted octanol–water partition coefficient (Wildman–Crippen LogP) is 6.53. The van der Waals surface area contributed by atoms with Crippen molar-refractivity contribution in [2.75, 3.05) is 0 Å². The van der Waals surface area contributed by atoms with Crippen LogP contribution in [0.15, 0.2) is 128 Å². The molecular weight excluding hydrogens is 550 g/mol. The standard InChI is InChI=1S/C9H23N3.5C4H6O2/c1-5-9(6(2)10,7(3)11)8(4)12;5*1-3-5-6-4-2/h6-8H,5,10-12H2,1-4H3;5*3-4H,1-2H2. The van der Waals surface area contributed by atoms with Crippen molar-refractivity contribution in [2.45, 2.75) is 52.2 Å². The predicted molar refractivity (Wildman–Crippen MR) is 166 cm³/mol. The Balaban J connectivity index is -0.0000000955. The van der Waals surface area contributed by atoms with Crippen molar-refractivity contribution in [1.82, 2.24) is 0 Å². The molecule has 0 aromatic heterocycles. The van der Waals surface area contributed by atoms with Gasteiger partial charge in [-0.25, -0.2) is 0 Å². The molecule has 244 valence electrons. The van der Waals surface area contributed by atoms with E-state index in [0.29, 0.717) is 0 Å². The Morgan fingerprint density at radius 3 is 0.548 bits per heavy atom. The molecule has 13 heteroatoms. The quantitative estimate of drug-likeness (QED) is 0.0630. The van der Waals surface area contributed by atoms with Gasteiger partial charge in [-0.3, -0.25) is 48.9 Å². The zero-order valence-corrected chi connectivity index (χ0v) is 25.6. The van der Waals surface area contributed by atoms with Crippen LogP contribution in [0.1, 0.15) is 34.1 Å². The van der Waals surface area contributed by atoms with Gasteiger partial charge in [0.2, 0.25) is 0 Å². The van der Waals surface area contributed by atoms with Crippen LogP contribution in [0.3, 0.4) is 0 Å². The lowest BCUT2D eigenvalue weighted by Gasteiger charge is -2.43. The van der Waals surface area contributed by atoms with Crippen LogP contribution in [-0.4, -0.2) is 18.1 Å². The molecule has 3 atom stereocenters. The summed E-state index contributed by atoms with van der Waals surface area (Å²) in [6.07, 6.45) is 12.6. The summed E-state index contributed by atoms with van der Waals surface area (Å²) in [4.78, 5) is 41.3. The van der Waals surface area contributed by atoms with E-state index in [0.717, 1.165) is 6.42 Å². The fraction of sp³-hybridized carbons (Fsp3) is 0.310. The maximum absolute atomic E-state index is 5.92. The van der Waals surface area contributed by atoms with Crippen molar-refractivity contribution >= 4 is 0 Å². The molecule has 0 saturated heterocycles. The molecule has 0 aliphatic carbocycles. The summed E-state index contributed by atoms with van der Waals surface area (Å²) < 4.78 is 0. The Kier molecular flexibility index (Phi) is 55.1. The van der Waals surface area contributed by atoms with E-state index in [-0.39, 0.29) is 23.5 Å². The smallest absolute Gasteiger partial charge is 0.135 e. The molecule has 0 aliphatic rings. The van der Waals surface area contributed by atoms with Gasteiger partial charge >= 0.3 is 0 Å². The molecule has 0 aromatic rings. The number of nitrogens with two attached hydrogens (primary N) is 3. The van der Waals surface area contributed by atoms with E-state index in [1.165, 1.54) is 62.6 Å². The SMILES string of the molecule is C=COOC=C.C=COOC=C.C=COOC=C.C=COOC=C.C=COOC=C.CCC(C(C)N)(C(C)N)C(C)N. The van der Waals surface area contributed by atoms with Gasteiger partial charge in [-0.2, -0.15) is 0 Å². The van der Waals surface area contributed by atoms with E-state index in [1.807, 2.05) is 20.8 Å². The van der Waals surface area contributed by atoms with E-state index in [9.17, 15) is 0 Å². The van der Waals surface area contributed by atoms with Gasteiger partial charge in [-0.15, -0.1) is 0 Å². The van der Waals surface area contributed by atoms with Gasteiger partial charge in [0.15, 0.2) is 0 Å². The van der Waals surface area contributed by atoms with E-state index < -0.39 is 0 Å². The second-order valence-electron chi connectivity index (χ2n) is 6.46. The third kappa shape index (κ3) is 42.4. The summed E-state index contributed by atoms with van der Waals surface area (Å²) in [5, 5.41) is 0. The minimum Gasteiger partial charge on any atom is -0.327 e. The lowest BCUT2D eigenvalue weighted by atomic mass is 9.69. The molecule has 0 aliphatic heterocycles. The van der Waals surface area contributed by atoms with Crippen LogP contribution in [0.2, 0.25) is 0 Å². The van der Waals surface area contributed by atoms with Gasteiger partial charge in [0.25, 0.3) is 0 Å². The third-order valence-electron chi connectivity index (χ3n) is 4.11. The molecule has 0 saturated carbocycles. The fourth-order valence-corrected chi connectivity index (χ4v) is 2.60. The monoisotopic (exact) mass is 603 g/mol. The van der Waals surface area contributed by atoms with Gasteiger partial charge < -0.3 is 17.2 Å². The van der Waals surface area contributed by atoms with Crippen molar-refractivity contribution in [1.29, 1.82) is 0 Å². The van der Waals surface area contributed by atoms with Crippen molar-refractivity contribution in [2.24, 2.45) is 22.6 Å². The topological polar surface area (TPSA) is 170 Å². The molecule has 0 amide bonds. The Bertz CT molecular complexity index is 515. The van der Waals surface area contributed by atoms with Crippen LogP contribution in [0.4, 0.5) is 0 Å². The summed E-state index contributed by atoms with van der Waals surface area (Å²) in [5.74, 6) is 0. The highest BCUT2D eigenvalue weighted by molar-refractivity contribution is 4.98. The van der Waals surface area contributed by atoms with E-state index in [2.05, 4.69) is 122 Å². The van der Waals surface area contributed by atoms with Crippen molar-refractivity contribution < 1.29 is 48.9 Å². The largest absolute Gasteiger partial charge is 0.327 e. The van der Waals surface area contributed by atoms with Crippen molar-refractivity contribution in [3.05, 3.63) is 128 Å². The summed E-state index contributed by atoms with van der Waals surface area (Å²) in [6, 6.07) is 0.132. The minimum atomic E-state index is -0.125. The van der Waals surface area contributed by atoms with Gasteiger partial charge in [0, 0.05) is 23.5 Å². The molecule has 0 heterocycles. The Morgan fingerprint density at radius 1 is 0.405 bits per heavy atom.